The fourth-order valence-corrected chi connectivity index (χ4v) is 4.66. The molecule has 0 radical (unpaired) electrons. The number of sulfonamides is 1. The van der Waals surface area contributed by atoms with Crippen LogP contribution in [0.15, 0.2) is 29.2 Å². The van der Waals surface area contributed by atoms with E-state index in [4.69, 9.17) is 10.5 Å². The van der Waals surface area contributed by atoms with Crippen molar-refractivity contribution < 1.29 is 13.2 Å². The van der Waals surface area contributed by atoms with Gasteiger partial charge in [-0.05, 0) is 61.8 Å². The fraction of sp³-hybridized carbons (Fsp3) is 0.579. The van der Waals surface area contributed by atoms with Crippen LogP contribution in [0.3, 0.4) is 0 Å². The Balaban J connectivity index is 0.00000243. The van der Waals surface area contributed by atoms with Crippen LogP contribution < -0.4 is 5.73 Å². The molecule has 1 aromatic carbocycles. The molecule has 0 spiro atoms. The van der Waals surface area contributed by atoms with Gasteiger partial charge in [0.2, 0.25) is 10.0 Å². The Kier molecular flexibility index (Phi) is 7.27. The molecule has 1 aliphatic carbocycles. The highest BCUT2D eigenvalue weighted by Gasteiger charge is 2.29. The van der Waals surface area contributed by atoms with Gasteiger partial charge < -0.3 is 10.5 Å². The maximum Gasteiger partial charge on any atom is 0.243 e. The highest BCUT2D eigenvalue weighted by atomic mass is 35.5. The van der Waals surface area contributed by atoms with Crippen LogP contribution in [0.4, 0.5) is 0 Å². The maximum atomic E-state index is 13.0. The summed E-state index contributed by atoms with van der Waals surface area (Å²) in [6, 6.07) is 5.16. The molecule has 1 aliphatic heterocycles. The molecule has 146 valence electrons. The van der Waals surface area contributed by atoms with E-state index in [0.29, 0.717) is 24.0 Å². The van der Waals surface area contributed by atoms with Gasteiger partial charge in [0.25, 0.3) is 0 Å². The van der Waals surface area contributed by atoms with Crippen LogP contribution in [0.2, 0.25) is 0 Å². The molecule has 0 unspecified atom stereocenters. The van der Waals surface area contributed by atoms with Crippen molar-refractivity contribution in [3.63, 3.8) is 0 Å². The summed E-state index contributed by atoms with van der Waals surface area (Å²) < 4.78 is 32.9. The standard InChI is InChI=1S/C19H28N2O3S.ClH/c1-14(20)19-8-7-18(13-16(19)6-5-15-3-4-15)25(22,23)21(2)17-9-11-24-12-10-17;/h5-8,13-15,17H,3-4,9-12,20H2,1-2H3;1H/b6-5+;/t14-;/m1./s1. The first-order valence-corrected chi connectivity index (χ1v) is 10.5. The van der Waals surface area contributed by atoms with E-state index < -0.39 is 10.0 Å². The lowest BCUT2D eigenvalue weighted by Crippen LogP contribution is -2.40. The molecular formula is C19H29ClN2O3S. The summed E-state index contributed by atoms with van der Waals surface area (Å²) in [5.41, 5.74) is 7.95. The van der Waals surface area contributed by atoms with Crippen molar-refractivity contribution in [3.8, 4) is 0 Å². The fourth-order valence-electron chi connectivity index (χ4n) is 3.21. The van der Waals surface area contributed by atoms with Crippen LogP contribution in [0, 0.1) is 5.92 Å². The minimum atomic E-state index is -3.52. The molecule has 5 nitrogen and oxygen atoms in total. The van der Waals surface area contributed by atoms with Gasteiger partial charge in [-0.2, -0.15) is 4.31 Å². The molecule has 2 aliphatic rings. The zero-order valence-corrected chi connectivity index (χ0v) is 17.1. The third-order valence-electron chi connectivity index (χ3n) is 5.10. The lowest BCUT2D eigenvalue weighted by molar-refractivity contribution is 0.0632. The molecular weight excluding hydrogens is 372 g/mol. The van der Waals surface area contributed by atoms with Crippen molar-refractivity contribution in [2.45, 2.75) is 49.6 Å². The second-order valence-electron chi connectivity index (χ2n) is 7.14. The largest absolute Gasteiger partial charge is 0.381 e. The molecule has 1 saturated carbocycles. The monoisotopic (exact) mass is 400 g/mol. The van der Waals surface area contributed by atoms with Crippen molar-refractivity contribution in [2.75, 3.05) is 20.3 Å². The first kappa shape index (κ1) is 21.4. The van der Waals surface area contributed by atoms with E-state index in [1.54, 1.807) is 19.2 Å². The molecule has 0 aromatic heterocycles. The van der Waals surface area contributed by atoms with Gasteiger partial charge >= 0.3 is 0 Å². The third-order valence-corrected chi connectivity index (χ3v) is 7.01. The smallest absolute Gasteiger partial charge is 0.243 e. The number of ether oxygens (including phenoxy) is 1. The zero-order chi connectivity index (χ0) is 18.0. The molecule has 1 saturated heterocycles. The van der Waals surface area contributed by atoms with Gasteiger partial charge in [0, 0.05) is 32.3 Å². The van der Waals surface area contributed by atoms with Crippen LogP contribution in [-0.4, -0.2) is 39.0 Å². The predicted molar refractivity (Wildman–Crippen MR) is 107 cm³/mol. The molecule has 2 fully saturated rings. The Labute approximate surface area is 163 Å². The Hall–Kier alpha value is -0.920. The number of benzene rings is 1. The van der Waals surface area contributed by atoms with Gasteiger partial charge in [-0.3, -0.25) is 0 Å². The number of halogens is 1. The number of hydrogen-bond acceptors (Lipinski definition) is 4. The SMILES string of the molecule is C[C@@H](N)c1ccc(S(=O)(=O)N(C)C2CCOCC2)cc1/C=C/C1CC1.Cl. The van der Waals surface area contributed by atoms with Crippen LogP contribution in [0.25, 0.3) is 6.08 Å². The van der Waals surface area contributed by atoms with E-state index in [1.165, 1.54) is 17.1 Å². The summed E-state index contributed by atoms with van der Waals surface area (Å²) >= 11 is 0. The summed E-state index contributed by atoms with van der Waals surface area (Å²) in [6.45, 7) is 3.15. The quantitative estimate of drug-likeness (QED) is 0.794. The first-order chi connectivity index (χ1) is 11.9. The zero-order valence-electron chi connectivity index (χ0n) is 15.4. The first-order valence-electron chi connectivity index (χ1n) is 9.03. The molecule has 1 heterocycles. The Morgan fingerprint density at radius 3 is 2.46 bits per heavy atom. The maximum absolute atomic E-state index is 13.0. The molecule has 0 bridgehead atoms. The van der Waals surface area contributed by atoms with Gasteiger partial charge in [-0.15, -0.1) is 12.4 Å². The molecule has 7 heteroatoms. The number of nitrogens with two attached hydrogens (primary N) is 1. The Morgan fingerprint density at radius 1 is 1.23 bits per heavy atom. The lowest BCUT2D eigenvalue weighted by Gasteiger charge is -2.30. The summed E-state index contributed by atoms with van der Waals surface area (Å²) in [6.07, 6.45) is 8.11. The van der Waals surface area contributed by atoms with Gasteiger partial charge in [0.1, 0.15) is 0 Å². The van der Waals surface area contributed by atoms with Crippen LogP contribution in [-0.2, 0) is 14.8 Å². The number of nitrogens with zero attached hydrogens (tertiary/aromatic N) is 1. The molecule has 1 atom stereocenters. The Bertz CT molecular complexity index is 739. The van der Waals surface area contributed by atoms with Crippen LogP contribution in [0.1, 0.15) is 49.8 Å². The van der Waals surface area contributed by atoms with Crippen molar-refractivity contribution in [3.05, 3.63) is 35.4 Å². The summed E-state index contributed by atoms with van der Waals surface area (Å²) in [5, 5.41) is 0. The average Bonchev–Trinajstić information content (AvgIpc) is 3.44. The van der Waals surface area contributed by atoms with Gasteiger partial charge in [-0.25, -0.2) is 8.42 Å². The minimum absolute atomic E-state index is 0. The van der Waals surface area contributed by atoms with Crippen LogP contribution in [0.5, 0.6) is 0 Å². The van der Waals surface area contributed by atoms with Gasteiger partial charge in [0.05, 0.1) is 4.90 Å². The van der Waals surface area contributed by atoms with E-state index in [2.05, 4.69) is 6.08 Å². The summed E-state index contributed by atoms with van der Waals surface area (Å²) in [7, 11) is -1.85. The average molecular weight is 401 g/mol. The van der Waals surface area contributed by atoms with Crippen molar-refractivity contribution >= 4 is 28.5 Å². The highest BCUT2D eigenvalue weighted by molar-refractivity contribution is 7.89. The Morgan fingerprint density at radius 2 is 1.88 bits per heavy atom. The minimum Gasteiger partial charge on any atom is -0.381 e. The van der Waals surface area contributed by atoms with Gasteiger partial charge in [-0.1, -0.05) is 18.2 Å². The highest BCUT2D eigenvalue weighted by Crippen LogP contribution is 2.32. The lowest BCUT2D eigenvalue weighted by atomic mass is 10.0. The van der Waals surface area contributed by atoms with E-state index in [0.717, 1.165) is 24.0 Å². The van der Waals surface area contributed by atoms with Crippen molar-refractivity contribution in [1.82, 2.24) is 4.31 Å². The molecule has 26 heavy (non-hydrogen) atoms. The summed E-state index contributed by atoms with van der Waals surface area (Å²) in [4.78, 5) is 0.335. The van der Waals surface area contributed by atoms with E-state index in [1.807, 2.05) is 19.1 Å². The molecule has 3 rings (SSSR count). The molecule has 2 N–H and O–H groups in total. The van der Waals surface area contributed by atoms with E-state index in [9.17, 15) is 8.42 Å². The molecule has 1 aromatic rings. The van der Waals surface area contributed by atoms with Crippen LogP contribution >= 0.6 is 12.4 Å². The van der Waals surface area contributed by atoms with Crippen molar-refractivity contribution in [1.29, 1.82) is 0 Å². The second-order valence-corrected chi connectivity index (χ2v) is 9.14. The molecule has 0 amide bonds. The normalized spacial score (nSPS) is 20.3. The number of rotatable bonds is 6. The van der Waals surface area contributed by atoms with E-state index >= 15 is 0 Å². The summed E-state index contributed by atoms with van der Waals surface area (Å²) in [5.74, 6) is 0.631. The third kappa shape index (κ3) is 4.87. The second kappa shape index (κ2) is 8.85. The number of hydrogen-bond donors (Lipinski definition) is 1. The van der Waals surface area contributed by atoms with Crippen molar-refractivity contribution in [2.24, 2.45) is 11.7 Å². The number of allylic oxidation sites excluding steroid dienone is 1. The topological polar surface area (TPSA) is 72.6 Å². The van der Waals surface area contributed by atoms with Gasteiger partial charge in [0.15, 0.2) is 0 Å². The predicted octanol–water partition coefficient (Wildman–Crippen LogP) is 3.35. The van der Waals surface area contributed by atoms with E-state index in [-0.39, 0.29) is 24.5 Å².